The highest BCUT2D eigenvalue weighted by Gasteiger charge is 2.23. The summed E-state index contributed by atoms with van der Waals surface area (Å²) in [4.78, 5) is 12.2. The van der Waals surface area contributed by atoms with Gasteiger partial charge in [0.2, 0.25) is 11.8 Å². The van der Waals surface area contributed by atoms with Gasteiger partial charge < -0.3 is 13.9 Å². The molecule has 1 amide bonds. The maximum absolute atomic E-state index is 12.2. The van der Waals surface area contributed by atoms with Crippen LogP contribution < -0.4 is 14.8 Å². The minimum Gasteiger partial charge on any atom is -0.493 e. The van der Waals surface area contributed by atoms with E-state index in [2.05, 4.69) is 15.5 Å². The van der Waals surface area contributed by atoms with Gasteiger partial charge in [0.05, 0.1) is 14.2 Å². The number of hydrogen-bond donors (Lipinski definition) is 1. The number of amides is 1. The summed E-state index contributed by atoms with van der Waals surface area (Å²) in [7, 11) is 3.13. The predicted octanol–water partition coefficient (Wildman–Crippen LogP) is 3.27. The molecule has 0 bridgehead atoms. The fourth-order valence-electron chi connectivity index (χ4n) is 2.93. The summed E-state index contributed by atoms with van der Waals surface area (Å²) in [5, 5.41) is 10.6. The third kappa shape index (κ3) is 3.50. The zero-order valence-electron chi connectivity index (χ0n) is 13.9. The predicted molar refractivity (Wildman–Crippen MR) is 88.0 cm³/mol. The fraction of sp³-hybridized carbons (Fsp3) is 0.471. The number of benzene rings is 1. The van der Waals surface area contributed by atoms with Gasteiger partial charge in [-0.25, -0.2) is 0 Å². The third-order valence-corrected chi connectivity index (χ3v) is 4.26. The van der Waals surface area contributed by atoms with E-state index in [4.69, 9.17) is 13.9 Å². The van der Waals surface area contributed by atoms with Crippen LogP contribution in [0.1, 0.15) is 32.1 Å². The van der Waals surface area contributed by atoms with Gasteiger partial charge in [0.15, 0.2) is 11.5 Å². The molecule has 1 saturated carbocycles. The highest BCUT2D eigenvalue weighted by Crippen LogP contribution is 2.32. The number of ether oxygens (including phenoxy) is 2. The monoisotopic (exact) mass is 331 g/mol. The molecule has 1 aromatic carbocycles. The van der Waals surface area contributed by atoms with Crippen LogP contribution in [0.2, 0.25) is 0 Å². The fourth-order valence-corrected chi connectivity index (χ4v) is 2.93. The van der Waals surface area contributed by atoms with Gasteiger partial charge in [-0.3, -0.25) is 10.1 Å². The summed E-state index contributed by atoms with van der Waals surface area (Å²) < 4.78 is 16.0. The number of hydrogen-bond acceptors (Lipinski definition) is 6. The molecule has 7 heteroatoms. The molecule has 1 aliphatic carbocycles. The van der Waals surface area contributed by atoms with Crippen molar-refractivity contribution in [2.45, 2.75) is 32.1 Å². The Balaban J connectivity index is 1.72. The molecule has 0 saturated heterocycles. The molecule has 1 fully saturated rings. The zero-order valence-corrected chi connectivity index (χ0v) is 13.9. The molecule has 0 unspecified atom stereocenters. The lowest BCUT2D eigenvalue weighted by Gasteiger charge is -2.19. The Morgan fingerprint density at radius 2 is 1.88 bits per heavy atom. The van der Waals surface area contributed by atoms with Gasteiger partial charge in [0.25, 0.3) is 0 Å². The molecular weight excluding hydrogens is 310 g/mol. The van der Waals surface area contributed by atoms with Crippen molar-refractivity contribution in [3.8, 4) is 23.0 Å². The van der Waals surface area contributed by atoms with Gasteiger partial charge in [-0.15, -0.1) is 5.10 Å². The average molecular weight is 331 g/mol. The molecule has 0 aliphatic heterocycles. The zero-order chi connectivity index (χ0) is 16.9. The summed E-state index contributed by atoms with van der Waals surface area (Å²) in [5.41, 5.74) is 0.693. The second kappa shape index (κ2) is 7.33. The molecule has 1 aliphatic rings. The number of aromatic nitrogens is 2. The average Bonchev–Trinajstić information content (AvgIpc) is 3.10. The van der Waals surface area contributed by atoms with E-state index in [0.717, 1.165) is 25.7 Å². The Bertz CT molecular complexity index is 708. The number of nitrogens with one attached hydrogen (secondary N) is 1. The second-order valence-electron chi connectivity index (χ2n) is 5.81. The Kier molecular flexibility index (Phi) is 4.98. The van der Waals surface area contributed by atoms with E-state index in [0.29, 0.717) is 23.0 Å². The first-order valence-corrected chi connectivity index (χ1v) is 8.08. The minimum absolute atomic E-state index is 0.0372. The first kappa shape index (κ1) is 16.3. The molecule has 1 N–H and O–H groups in total. The largest absolute Gasteiger partial charge is 0.493 e. The van der Waals surface area contributed by atoms with Crippen LogP contribution in [-0.4, -0.2) is 30.3 Å². The number of carbonyl (C=O) groups is 1. The molecule has 0 atom stereocenters. The van der Waals surface area contributed by atoms with Gasteiger partial charge >= 0.3 is 6.01 Å². The van der Waals surface area contributed by atoms with E-state index < -0.39 is 0 Å². The summed E-state index contributed by atoms with van der Waals surface area (Å²) in [5.74, 6) is 1.50. The van der Waals surface area contributed by atoms with Crippen molar-refractivity contribution in [2.24, 2.45) is 5.92 Å². The second-order valence-corrected chi connectivity index (χ2v) is 5.81. The maximum Gasteiger partial charge on any atom is 0.322 e. The standard InChI is InChI=1S/C17H21N3O4/c1-22-13-9-8-12(10-14(13)23-2)16-19-20-17(24-16)18-15(21)11-6-4-3-5-7-11/h8-11H,3-7H2,1-2H3,(H,18,20,21). The number of anilines is 1. The van der Waals surface area contributed by atoms with Crippen LogP contribution in [-0.2, 0) is 4.79 Å². The third-order valence-electron chi connectivity index (χ3n) is 4.26. The Morgan fingerprint density at radius 3 is 2.58 bits per heavy atom. The van der Waals surface area contributed by atoms with Gasteiger partial charge in [-0.05, 0) is 31.0 Å². The van der Waals surface area contributed by atoms with E-state index in [1.165, 1.54) is 6.42 Å². The number of methoxy groups -OCH3 is 2. The number of rotatable bonds is 5. The van der Waals surface area contributed by atoms with E-state index in [1.54, 1.807) is 32.4 Å². The maximum atomic E-state index is 12.2. The van der Waals surface area contributed by atoms with Crippen LogP contribution in [0.3, 0.4) is 0 Å². The first-order chi connectivity index (χ1) is 11.7. The Hall–Kier alpha value is -2.57. The lowest BCUT2D eigenvalue weighted by atomic mass is 9.89. The van der Waals surface area contributed by atoms with Crippen molar-refractivity contribution in [1.29, 1.82) is 0 Å². The lowest BCUT2D eigenvalue weighted by Crippen LogP contribution is -2.24. The Morgan fingerprint density at radius 1 is 1.12 bits per heavy atom. The normalized spacial score (nSPS) is 15.1. The van der Waals surface area contributed by atoms with Crippen LogP contribution in [0.5, 0.6) is 11.5 Å². The molecule has 1 aromatic heterocycles. The van der Waals surface area contributed by atoms with E-state index in [9.17, 15) is 4.79 Å². The van der Waals surface area contributed by atoms with Crippen LogP contribution in [0, 0.1) is 5.92 Å². The smallest absolute Gasteiger partial charge is 0.322 e. The highest BCUT2D eigenvalue weighted by molar-refractivity contribution is 5.90. The molecule has 128 valence electrons. The van der Waals surface area contributed by atoms with Gasteiger partial charge in [-0.1, -0.05) is 24.4 Å². The highest BCUT2D eigenvalue weighted by atomic mass is 16.5. The topological polar surface area (TPSA) is 86.5 Å². The molecule has 7 nitrogen and oxygen atoms in total. The summed E-state index contributed by atoms with van der Waals surface area (Å²) in [6.45, 7) is 0. The van der Waals surface area contributed by atoms with Crippen LogP contribution in [0.4, 0.5) is 6.01 Å². The van der Waals surface area contributed by atoms with Crippen molar-refractivity contribution in [3.63, 3.8) is 0 Å². The van der Waals surface area contributed by atoms with Crippen LogP contribution in [0.25, 0.3) is 11.5 Å². The molecule has 3 rings (SSSR count). The van der Waals surface area contributed by atoms with E-state index >= 15 is 0 Å². The molecular formula is C17H21N3O4. The quantitative estimate of drug-likeness (QED) is 0.905. The van der Waals surface area contributed by atoms with Gasteiger partial charge in [-0.2, -0.15) is 0 Å². The molecule has 24 heavy (non-hydrogen) atoms. The van der Waals surface area contributed by atoms with E-state index in [-0.39, 0.29) is 17.8 Å². The van der Waals surface area contributed by atoms with Crippen molar-refractivity contribution in [1.82, 2.24) is 10.2 Å². The summed E-state index contributed by atoms with van der Waals surface area (Å²) in [6.07, 6.45) is 5.23. The molecule has 0 spiro atoms. The lowest BCUT2D eigenvalue weighted by molar-refractivity contribution is -0.120. The van der Waals surface area contributed by atoms with Crippen molar-refractivity contribution >= 4 is 11.9 Å². The summed E-state index contributed by atoms with van der Waals surface area (Å²) >= 11 is 0. The molecule has 2 aromatic rings. The van der Waals surface area contributed by atoms with Gasteiger partial charge in [0.1, 0.15) is 0 Å². The minimum atomic E-state index is -0.0442. The van der Waals surface area contributed by atoms with Gasteiger partial charge in [0, 0.05) is 11.5 Å². The van der Waals surface area contributed by atoms with Crippen molar-refractivity contribution in [3.05, 3.63) is 18.2 Å². The Labute approximate surface area is 140 Å². The molecule has 1 heterocycles. The number of nitrogens with zero attached hydrogens (tertiary/aromatic N) is 2. The van der Waals surface area contributed by atoms with Crippen molar-refractivity contribution in [2.75, 3.05) is 19.5 Å². The SMILES string of the molecule is COc1ccc(-c2nnc(NC(=O)C3CCCCC3)o2)cc1OC. The number of carbonyl (C=O) groups excluding carboxylic acids is 1. The van der Waals surface area contributed by atoms with Crippen LogP contribution in [0.15, 0.2) is 22.6 Å². The first-order valence-electron chi connectivity index (χ1n) is 8.08. The van der Waals surface area contributed by atoms with Crippen LogP contribution >= 0.6 is 0 Å². The molecule has 0 radical (unpaired) electrons. The van der Waals surface area contributed by atoms with Crippen molar-refractivity contribution < 1.29 is 18.7 Å². The van der Waals surface area contributed by atoms with E-state index in [1.807, 2.05) is 0 Å². The summed E-state index contributed by atoms with van der Waals surface area (Å²) in [6, 6.07) is 5.43.